The van der Waals surface area contributed by atoms with Crippen molar-refractivity contribution < 1.29 is 14.6 Å². The van der Waals surface area contributed by atoms with Gasteiger partial charge in [-0.15, -0.1) is 0 Å². The van der Waals surface area contributed by atoms with Crippen LogP contribution in [0.1, 0.15) is 41.6 Å². The third-order valence-corrected chi connectivity index (χ3v) is 7.76. The second kappa shape index (κ2) is 11.1. The van der Waals surface area contributed by atoms with E-state index in [9.17, 15) is 5.11 Å². The lowest BCUT2D eigenvalue weighted by molar-refractivity contribution is -0.276. The average molecular weight is 520 g/mol. The fraction of sp³-hybridized carbons (Fsp3) is 0.242. The highest BCUT2D eigenvalue weighted by molar-refractivity contribution is 5.75. The first-order chi connectivity index (χ1) is 19.1. The highest BCUT2D eigenvalue weighted by atomic mass is 16.7. The molecule has 1 saturated heterocycles. The summed E-state index contributed by atoms with van der Waals surface area (Å²) in [5, 5.41) is 9.52. The van der Waals surface area contributed by atoms with Gasteiger partial charge in [0.15, 0.2) is 6.29 Å². The SMILES string of the molecule is CC1C(Cn2cnc3ccccc32)OC(c2ccc(-c3ccccc3CN)cc2)OC1c1ccc(CO)cc1. The maximum Gasteiger partial charge on any atom is 0.184 e. The molecule has 4 unspecified atom stereocenters. The molecule has 4 atom stereocenters. The number of nitrogens with two attached hydrogens (primary N) is 1. The zero-order valence-electron chi connectivity index (χ0n) is 22.0. The quantitative estimate of drug-likeness (QED) is 0.270. The van der Waals surface area contributed by atoms with Gasteiger partial charge in [0.2, 0.25) is 0 Å². The zero-order valence-corrected chi connectivity index (χ0v) is 22.0. The molecule has 198 valence electrons. The largest absolute Gasteiger partial charge is 0.392 e. The summed E-state index contributed by atoms with van der Waals surface area (Å²) in [6, 6.07) is 32.8. The highest BCUT2D eigenvalue weighted by Gasteiger charge is 2.38. The fourth-order valence-electron chi connectivity index (χ4n) is 5.48. The second-order valence-electron chi connectivity index (χ2n) is 10.2. The van der Waals surface area contributed by atoms with E-state index >= 15 is 0 Å². The maximum atomic E-state index is 9.52. The molecule has 6 rings (SSSR count). The summed E-state index contributed by atoms with van der Waals surface area (Å²) >= 11 is 0. The molecule has 0 amide bonds. The van der Waals surface area contributed by atoms with Crippen molar-refractivity contribution in [3.05, 3.63) is 126 Å². The Balaban J connectivity index is 1.32. The van der Waals surface area contributed by atoms with Crippen molar-refractivity contribution in [2.45, 2.75) is 45.1 Å². The Kier molecular flexibility index (Phi) is 7.26. The van der Waals surface area contributed by atoms with E-state index in [2.05, 4.69) is 58.9 Å². The maximum absolute atomic E-state index is 9.52. The van der Waals surface area contributed by atoms with E-state index < -0.39 is 6.29 Å². The Hall–Kier alpha value is -3.81. The highest BCUT2D eigenvalue weighted by Crippen LogP contribution is 2.42. The Morgan fingerprint density at radius 1 is 0.846 bits per heavy atom. The molecular weight excluding hydrogens is 486 g/mol. The number of ether oxygens (including phenoxy) is 2. The average Bonchev–Trinajstić information content (AvgIpc) is 3.41. The zero-order chi connectivity index (χ0) is 26.8. The summed E-state index contributed by atoms with van der Waals surface area (Å²) in [6.45, 7) is 3.35. The smallest absolute Gasteiger partial charge is 0.184 e. The third kappa shape index (κ3) is 5.12. The van der Waals surface area contributed by atoms with Crippen molar-refractivity contribution in [3.8, 4) is 11.1 Å². The van der Waals surface area contributed by atoms with Gasteiger partial charge in [-0.1, -0.05) is 91.9 Å². The molecular formula is C33H33N3O3. The number of benzene rings is 4. The van der Waals surface area contributed by atoms with E-state index in [4.69, 9.17) is 15.2 Å². The van der Waals surface area contributed by atoms with Gasteiger partial charge in [-0.2, -0.15) is 0 Å². The number of nitrogens with zero attached hydrogens (tertiary/aromatic N) is 2. The number of aliphatic hydroxyl groups excluding tert-OH is 1. The van der Waals surface area contributed by atoms with Crippen molar-refractivity contribution in [2.24, 2.45) is 11.7 Å². The lowest BCUT2D eigenvalue weighted by atomic mass is 9.90. The van der Waals surface area contributed by atoms with E-state index in [1.807, 2.05) is 60.9 Å². The normalized spacial score (nSPS) is 21.3. The lowest BCUT2D eigenvalue weighted by Gasteiger charge is -2.41. The van der Waals surface area contributed by atoms with Gasteiger partial charge in [0.25, 0.3) is 0 Å². The van der Waals surface area contributed by atoms with Gasteiger partial charge in [-0.3, -0.25) is 0 Å². The Bertz CT molecular complexity index is 1550. The first kappa shape index (κ1) is 25.5. The number of hydrogen-bond donors (Lipinski definition) is 2. The molecule has 5 aromatic rings. The van der Waals surface area contributed by atoms with E-state index in [0.29, 0.717) is 13.1 Å². The van der Waals surface area contributed by atoms with Crippen LogP contribution in [0.15, 0.2) is 103 Å². The van der Waals surface area contributed by atoms with Crippen LogP contribution in [-0.4, -0.2) is 20.8 Å². The van der Waals surface area contributed by atoms with Crippen LogP contribution >= 0.6 is 0 Å². The summed E-state index contributed by atoms with van der Waals surface area (Å²) in [5.41, 5.74) is 14.3. The topological polar surface area (TPSA) is 82.5 Å². The predicted molar refractivity (Wildman–Crippen MR) is 152 cm³/mol. The molecule has 39 heavy (non-hydrogen) atoms. The van der Waals surface area contributed by atoms with Crippen LogP contribution < -0.4 is 5.73 Å². The van der Waals surface area contributed by atoms with Crippen LogP contribution in [0.4, 0.5) is 0 Å². The monoisotopic (exact) mass is 519 g/mol. The van der Waals surface area contributed by atoms with Gasteiger partial charge < -0.3 is 24.9 Å². The molecule has 1 aliphatic rings. The number of rotatable bonds is 7. The molecule has 2 heterocycles. The minimum atomic E-state index is -0.526. The molecule has 0 saturated carbocycles. The van der Waals surface area contributed by atoms with Crippen LogP contribution in [-0.2, 0) is 29.2 Å². The van der Waals surface area contributed by atoms with Gasteiger partial charge in [-0.05, 0) is 39.9 Å². The van der Waals surface area contributed by atoms with Crippen LogP contribution in [0, 0.1) is 5.92 Å². The predicted octanol–water partition coefficient (Wildman–Crippen LogP) is 6.15. The molecule has 0 aliphatic carbocycles. The van der Waals surface area contributed by atoms with Gasteiger partial charge in [0, 0.05) is 18.0 Å². The number of para-hydroxylation sites is 2. The van der Waals surface area contributed by atoms with Crippen molar-refractivity contribution in [1.29, 1.82) is 0 Å². The molecule has 0 bridgehead atoms. The Morgan fingerprint density at radius 2 is 1.56 bits per heavy atom. The molecule has 0 radical (unpaired) electrons. The first-order valence-electron chi connectivity index (χ1n) is 13.4. The van der Waals surface area contributed by atoms with Gasteiger partial charge in [-0.25, -0.2) is 4.98 Å². The fourth-order valence-corrected chi connectivity index (χ4v) is 5.48. The standard InChI is InChI=1S/C33H33N3O3/c1-22-31(19-36-21-35-29-8-4-5-9-30(29)36)38-33(39-32(22)25-12-10-23(20-37)11-13-25)26-16-14-24(15-17-26)28-7-3-2-6-27(28)18-34/h2-17,21-22,31-33,37H,18-20,34H2,1H3. The first-order valence-corrected chi connectivity index (χ1v) is 13.4. The summed E-state index contributed by atoms with van der Waals surface area (Å²) in [6.07, 6.45) is 1.08. The number of imidazole rings is 1. The van der Waals surface area contributed by atoms with E-state index in [-0.39, 0.29) is 24.7 Å². The minimum Gasteiger partial charge on any atom is -0.392 e. The van der Waals surface area contributed by atoms with Crippen molar-refractivity contribution in [1.82, 2.24) is 9.55 Å². The summed E-state index contributed by atoms with van der Waals surface area (Å²) in [7, 11) is 0. The van der Waals surface area contributed by atoms with Crippen molar-refractivity contribution >= 4 is 11.0 Å². The molecule has 6 nitrogen and oxygen atoms in total. The van der Waals surface area contributed by atoms with E-state index in [1.165, 1.54) is 0 Å². The molecule has 1 aliphatic heterocycles. The number of fused-ring (bicyclic) bond motifs is 1. The molecule has 0 spiro atoms. The summed E-state index contributed by atoms with van der Waals surface area (Å²) < 4.78 is 15.5. The number of aromatic nitrogens is 2. The minimum absolute atomic E-state index is 0.0169. The van der Waals surface area contributed by atoms with Gasteiger partial charge >= 0.3 is 0 Å². The Morgan fingerprint density at radius 3 is 2.33 bits per heavy atom. The van der Waals surface area contributed by atoms with Crippen LogP contribution in [0.5, 0.6) is 0 Å². The number of aliphatic hydroxyl groups is 1. The molecule has 4 aromatic carbocycles. The van der Waals surface area contributed by atoms with Crippen molar-refractivity contribution in [3.63, 3.8) is 0 Å². The molecule has 3 N–H and O–H groups in total. The molecule has 1 fully saturated rings. The van der Waals surface area contributed by atoms with Crippen LogP contribution in [0.3, 0.4) is 0 Å². The number of hydrogen-bond acceptors (Lipinski definition) is 5. The molecule has 6 heteroatoms. The van der Waals surface area contributed by atoms with Crippen molar-refractivity contribution in [2.75, 3.05) is 0 Å². The van der Waals surface area contributed by atoms with Crippen LogP contribution in [0.25, 0.3) is 22.2 Å². The lowest BCUT2D eigenvalue weighted by Crippen LogP contribution is -2.39. The van der Waals surface area contributed by atoms with E-state index in [1.54, 1.807) is 0 Å². The summed E-state index contributed by atoms with van der Waals surface area (Å²) in [4.78, 5) is 4.58. The van der Waals surface area contributed by atoms with Gasteiger partial charge in [0.1, 0.15) is 0 Å². The van der Waals surface area contributed by atoms with E-state index in [0.717, 1.165) is 44.4 Å². The Labute approximate surface area is 228 Å². The second-order valence-corrected chi connectivity index (χ2v) is 10.2. The van der Waals surface area contributed by atoms with Gasteiger partial charge in [0.05, 0.1) is 42.7 Å². The molecule has 1 aromatic heterocycles. The third-order valence-electron chi connectivity index (χ3n) is 7.76. The van der Waals surface area contributed by atoms with Crippen LogP contribution in [0.2, 0.25) is 0 Å². The summed E-state index contributed by atoms with van der Waals surface area (Å²) in [5.74, 6) is 0.0816.